The first kappa shape index (κ1) is 13.6. The van der Waals surface area contributed by atoms with Gasteiger partial charge in [0, 0.05) is 13.1 Å². The van der Waals surface area contributed by atoms with Crippen LogP contribution in [0.1, 0.15) is 24.5 Å². The number of aliphatic hydroxyl groups excluding tert-OH is 1. The number of rotatable bonds is 2. The molecule has 1 N–H and O–H groups in total. The molecule has 98 valence electrons. The Morgan fingerprint density at radius 2 is 2.42 bits per heavy atom. The molecule has 0 saturated carbocycles. The third-order valence-corrected chi connectivity index (χ3v) is 3.52. The van der Waals surface area contributed by atoms with Crippen LogP contribution >= 0.6 is 11.6 Å². The first-order valence-electron chi connectivity index (χ1n) is 6.05. The van der Waals surface area contributed by atoms with E-state index in [9.17, 15) is 5.11 Å². The molecule has 2 rings (SSSR count). The van der Waals surface area contributed by atoms with E-state index in [0.29, 0.717) is 43.0 Å². The van der Waals surface area contributed by atoms with E-state index in [1.165, 1.54) is 0 Å². The zero-order valence-electron chi connectivity index (χ0n) is 10.5. The van der Waals surface area contributed by atoms with Gasteiger partial charge >= 0.3 is 0 Å². The fraction of sp³-hybridized carbons (Fsp3) is 0.462. The van der Waals surface area contributed by atoms with Crippen molar-refractivity contribution in [2.24, 2.45) is 0 Å². The summed E-state index contributed by atoms with van der Waals surface area (Å²) in [5.41, 5.74) is 1.28. The highest BCUT2D eigenvalue weighted by Gasteiger charge is 2.27. The Kier molecular flexibility index (Phi) is 3.90. The Balaban J connectivity index is 2.60. The van der Waals surface area contributed by atoms with Crippen molar-refractivity contribution in [2.75, 3.05) is 18.0 Å². The van der Waals surface area contributed by atoms with Crippen LogP contribution in [0.15, 0.2) is 0 Å². The molecule has 0 spiro atoms. The number of aliphatic hydroxyl groups is 1. The topological polar surface area (TPSA) is 64.5 Å². The van der Waals surface area contributed by atoms with Crippen LogP contribution < -0.4 is 4.90 Å². The first-order chi connectivity index (χ1) is 9.12. The fourth-order valence-corrected chi connectivity index (χ4v) is 2.55. The highest BCUT2D eigenvalue weighted by atomic mass is 35.5. The summed E-state index contributed by atoms with van der Waals surface area (Å²) < 4.78 is 0. The van der Waals surface area contributed by atoms with Crippen LogP contribution in [0, 0.1) is 17.9 Å². The summed E-state index contributed by atoms with van der Waals surface area (Å²) in [5, 5.41) is 18.8. The minimum absolute atomic E-state index is 0.128. The van der Waals surface area contributed by atoms with Crippen molar-refractivity contribution >= 4 is 23.1 Å². The summed E-state index contributed by atoms with van der Waals surface area (Å²) in [6, 6.07) is 2.01. The van der Waals surface area contributed by atoms with Crippen LogP contribution in [0.5, 0.6) is 0 Å². The minimum Gasteiger partial charge on any atom is -0.391 e. The van der Waals surface area contributed by atoms with Crippen molar-refractivity contribution in [3.8, 4) is 6.07 Å². The molecular weight excluding hydrogens is 264 g/mol. The van der Waals surface area contributed by atoms with Gasteiger partial charge in [-0.05, 0) is 18.4 Å². The van der Waals surface area contributed by atoms with E-state index in [0.717, 1.165) is 0 Å². The lowest BCUT2D eigenvalue weighted by atomic mass is 10.1. The Hall–Kier alpha value is -1.82. The largest absolute Gasteiger partial charge is 0.391 e. The zero-order chi connectivity index (χ0) is 14.0. The van der Waals surface area contributed by atoms with Gasteiger partial charge in [0.05, 0.1) is 18.2 Å². The number of halogens is 1. The Labute approximate surface area is 116 Å². The average Bonchev–Trinajstić information content (AvgIpc) is 2.83. The predicted octanol–water partition coefficient (Wildman–Crippen LogP) is 2.29. The van der Waals surface area contributed by atoms with Crippen LogP contribution in [-0.2, 0) is 6.42 Å². The standard InChI is InChI=1S/C13H13ClN4O/c1-3-9-10(6-15)12(14)17-13(11(9)16-2)18-5-4-8(19)7-18/h8,19H,3-5,7H2,1H3. The van der Waals surface area contributed by atoms with Gasteiger partial charge in [0.15, 0.2) is 0 Å². The van der Waals surface area contributed by atoms with Crippen LogP contribution in [0.4, 0.5) is 11.5 Å². The molecule has 0 bridgehead atoms. The van der Waals surface area contributed by atoms with Gasteiger partial charge in [0.2, 0.25) is 5.69 Å². The molecule has 0 aromatic carbocycles. The highest BCUT2D eigenvalue weighted by Crippen LogP contribution is 2.37. The number of hydrogen-bond donors (Lipinski definition) is 1. The second-order valence-corrected chi connectivity index (χ2v) is 4.75. The molecule has 0 radical (unpaired) electrons. The molecule has 1 aromatic rings. The van der Waals surface area contributed by atoms with Crippen LogP contribution in [0.2, 0.25) is 5.15 Å². The summed E-state index contributed by atoms with van der Waals surface area (Å²) in [6.07, 6.45) is 0.796. The smallest absolute Gasteiger partial charge is 0.232 e. The lowest BCUT2D eigenvalue weighted by Gasteiger charge is -2.20. The molecule has 1 aromatic heterocycles. The maximum atomic E-state index is 9.59. The van der Waals surface area contributed by atoms with Crippen molar-refractivity contribution in [1.82, 2.24) is 4.98 Å². The molecule has 5 nitrogen and oxygen atoms in total. The molecule has 0 aliphatic carbocycles. The van der Waals surface area contributed by atoms with Crippen LogP contribution in [0.3, 0.4) is 0 Å². The van der Waals surface area contributed by atoms with Crippen molar-refractivity contribution < 1.29 is 5.11 Å². The molecule has 19 heavy (non-hydrogen) atoms. The highest BCUT2D eigenvalue weighted by molar-refractivity contribution is 6.31. The van der Waals surface area contributed by atoms with Gasteiger partial charge in [-0.15, -0.1) is 0 Å². The molecule has 2 heterocycles. The van der Waals surface area contributed by atoms with E-state index >= 15 is 0 Å². The fourth-order valence-electron chi connectivity index (χ4n) is 2.31. The summed E-state index contributed by atoms with van der Waals surface area (Å²) in [4.78, 5) is 9.55. The molecule has 1 aliphatic heterocycles. The second kappa shape index (κ2) is 5.44. The van der Waals surface area contributed by atoms with E-state index in [1.54, 1.807) is 0 Å². The van der Waals surface area contributed by atoms with Gasteiger partial charge in [-0.3, -0.25) is 0 Å². The molecule has 1 atom stereocenters. The van der Waals surface area contributed by atoms with Crippen molar-refractivity contribution in [3.05, 3.63) is 27.7 Å². The molecular formula is C13H13ClN4O. The molecule has 0 amide bonds. The summed E-state index contributed by atoms with van der Waals surface area (Å²) in [7, 11) is 0. The maximum Gasteiger partial charge on any atom is 0.232 e. The Morgan fingerprint density at radius 3 is 2.89 bits per heavy atom. The SMILES string of the molecule is [C-]#[N+]c1c(N2CCC(O)C2)nc(Cl)c(C#N)c1CC. The second-order valence-electron chi connectivity index (χ2n) is 4.39. The number of pyridine rings is 1. The van der Waals surface area contributed by atoms with E-state index in [-0.39, 0.29) is 10.7 Å². The number of β-amino-alcohol motifs (C(OH)–C–C–N with tert-alkyl or cyclic N) is 1. The monoisotopic (exact) mass is 276 g/mol. The summed E-state index contributed by atoms with van der Waals surface area (Å²) >= 11 is 6.03. The Bertz CT molecular complexity index is 588. The van der Waals surface area contributed by atoms with Crippen molar-refractivity contribution in [1.29, 1.82) is 5.26 Å². The minimum atomic E-state index is -0.403. The van der Waals surface area contributed by atoms with Gasteiger partial charge in [-0.1, -0.05) is 18.5 Å². The quantitative estimate of drug-likeness (QED) is 0.665. The Morgan fingerprint density at radius 1 is 1.68 bits per heavy atom. The number of nitriles is 1. The van der Waals surface area contributed by atoms with Crippen LogP contribution in [-0.4, -0.2) is 29.3 Å². The van der Waals surface area contributed by atoms with Gasteiger partial charge in [0.25, 0.3) is 0 Å². The van der Waals surface area contributed by atoms with Crippen molar-refractivity contribution in [2.45, 2.75) is 25.9 Å². The van der Waals surface area contributed by atoms with Crippen LogP contribution in [0.25, 0.3) is 4.85 Å². The van der Waals surface area contributed by atoms with Gasteiger partial charge < -0.3 is 10.0 Å². The third-order valence-electron chi connectivity index (χ3n) is 3.25. The zero-order valence-corrected chi connectivity index (χ0v) is 11.3. The molecule has 1 aliphatic rings. The lowest BCUT2D eigenvalue weighted by Crippen LogP contribution is -2.23. The van der Waals surface area contributed by atoms with E-state index < -0.39 is 6.10 Å². The lowest BCUT2D eigenvalue weighted by molar-refractivity contribution is 0.198. The number of hydrogen-bond acceptors (Lipinski definition) is 4. The van der Waals surface area contributed by atoms with E-state index in [1.807, 2.05) is 17.9 Å². The molecule has 6 heteroatoms. The van der Waals surface area contributed by atoms with Gasteiger partial charge in [0.1, 0.15) is 17.0 Å². The third kappa shape index (κ3) is 2.35. The van der Waals surface area contributed by atoms with Gasteiger partial charge in [-0.25, -0.2) is 9.83 Å². The summed E-state index contributed by atoms with van der Waals surface area (Å²) in [5.74, 6) is 0.479. The van der Waals surface area contributed by atoms with E-state index in [2.05, 4.69) is 9.83 Å². The summed E-state index contributed by atoms with van der Waals surface area (Å²) in [6.45, 7) is 10.3. The number of aromatic nitrogens is 1. The first-order valence-corrected chi connectivity index (χ1v) is 6.43. The number of anilines is 1. The molecule has 1 fully saturated rings. The molecule has 1 saturated heterocycles. The number of nitrogens with zero attached hydrogens (tertiary/aromatic N) is 4. The molecule has 1 unspecified atom stereocenters. The average molecular weight is 277 g/mol. The van der Waals surface area contributed by atoms with E-state index in [4.69, 9.17) is 23.4 Å². The predicted molar refractivity (Wildman–Crippen MR) is 72.4 cm³/mol. The normalized spacial score (nSPS) is 18.2. The van der Waals surface area contributed by atoms with Gasteiger partial charge in [-0.2, -0.15) is 5.26 Å². The maximum absolute atomic E-state index is 9.59. The van der Waals surface area contributed by atoms with Crippen molar-refractivity contribution in [3.63, 3.8) is 0 Å².